The molecular formula is C21H24N2OS2. The first kappa shape index (κ1) is 17.7. The van der Waals surface area contributed by atoms with Crippen LogP contribution in [0, 0.1) is 0 Å². The third-order valence-electron chi connectivity index (χ3n) is 4.90. The van der Waals surface area contributed by atoms with Crippen molar-refractivity contribution in [2.24, 2.45) is 0 Å². The van der Waals surface area contributed by atoms with Gasteiger partial charge in [-0.2, -0.15) is 11.8 Å². The van der Waals surface area contributed by atoms with E-state index in [2.05, 4.69) is 52.2 Å². The Morgan fingerprint density at radius 1 is 1.31 bits per heavy atom. The largest absolute Gasteiger partial charge is 0.497 e. The number of methoxy groups -OCH3 is 1. The van der Waals surface area contributed by atoms with Gasteiger partial charge in [0.1, 0.15) is 5.75 Å². The molecule has 0 saturated carbocycles. The second-order valence-corrected chi connectivity index (χ2v) is 8.64. The van der Waals surface area contributed by atoms with Gasteiger partial charge in [-0.15, -0.1) is 11.3 Å². The van der Waals surface area contributed by atoms with Crippen LogP contribution in [0.1, 0.15) is 23.3 Å². The average molecular weight is 385 g/mol. The standard InChI is InChI=1S/C21H24N2OS2/c1-24-18-4-5-19-16(13-23-20(19)12-18)14-25-10-7-17-11-15(6-8-22-17)21-3-2-9-26-21/h2-6,9,12-13,17,22-23H,7-8,10-11,14H2,1H3. The quantitative estimate of drug-likeness (QED) is 0.542. The van der Waals surface area contributed by atoms with E-state index in [-0.39, 0.29) is 0 Å². The van der Waals surface area contributed by atoms with Gasteiger partial charge in [-0.05, 0) is 53.3 Å². The van der Waals surface area contributed by atoms with Gasteiger partial charge in [-0.3, -0.25) is 0 Å². The zero-order valence-corrected chi connectivity index (χ0v) is 16.6. The normalized spacial score (nSPS) is 17.4. The molecule has 1 atom stereocenters. The summed E-state index contributed by atoms with van der Waals surface area (Å²) in [5.74, 6) is 3.13. The number of thiophene rings is 1. The summed E-state index contributed by atoms with van der Waals surface area (Å²) in [4.78, 5) is 4.79. The lowest BCUT2D eigenvalue weighted by Gasteiger charge is -2.23. The molecule has 1 aliphatic heterocycles. The van der Waals surface area contributed by atoms with Crippen molar-refractivity contribution in [2.75, 3.05) is 19.4 Å². The molecule has 2 N–H and O–H groups in total. The first-order chi connectivity index (χ1) is 12.8. The van der Waals surface area contributed by atoms with E-state index < -0.39 is 0 Å². The molecule has 0 spiro atoms. The van der Waals surface area contributed by atoms with Gasteiger partial charge in [0.25, 0.3) is 0 Å². The predicted molar refractivity (Wildman–Crippen MR) is 114 cm³/mol. The van der Waals surface area contributed by atoms with Crippen LogP contribution in [-0.2, 0) is 5.75 Å². The molecule has 0 fully saturated rings. The van der Waals surface area contributed by atoms with Gasteiger partial charge in [0.05, 0.1) is 7.11 Å². The molecule has 0 amide bonds. The highest BCUT2D eigenvalue weighted by atomic mass is 32.2. The molecule has 3 aromatic rings. The maximum absolute atomic E-state index is 5.30. The van der Waals surface area contributed by atoms with Crippen LogP contribution < -0.4 is 10.1 Å². The Hall–Kier alpha value is -1.69. The van der Waals surface area contributed by atoms with Crippen molar-refractivity contribution in [2.45, 2.75) is 24.6 Å². The fourth-order valence-electron chi connectivity index (χ4n) is 3.46. The zero-order valence-electron chi connectivity index (χ0n) is 15.0. The first-order valence-electron chi connectivity index (χ1n) is 9.01. The molecule has 3 heterocycles. The molecule has 26 heavy (non-hydrogen) atoms. The summed E-state index contributed by atoms with van der Waals surface area (Å²) >= 11 is 3.87. The second kappa shape index (κ2) is 8.33. The van der Waals surface area contributed by atoms with Crippen molar-refractivity contribution in [3.63, 3.8) is 0 Å². The van der Waals surface area contributed by atoms with E-state index in [9.17, 15) is 0 Å². The summed E-state index contributed by atoms with van der Waals surface area (Å²) in [6.07, 6.45) is 6.83. The molecular weight excluding hydrogens is 360 g/mol. The van der Waals surface area contributed by atoms with Crippen LogP contribution in [0.2, 0.25) is 0 Å². The lowest BCUT2D eigenvalue weighted by Crippen LogP contribution is -2.33. The van der Waals surface area contributed by atoms with E-state index in [4.69, 9.17) is 4.74 Å². The van der Waals surface area contributed by atoms with Crippen LogP contribution >= 0.6 is 23.1 Å². The van der Waals surface area contributed by atoms with Gasteiger partial charge in [-0.1, -0.05) is 12.1 Å². The number of hydrogen-bond acceptors (Lipinski definition) is 4. The molecule has 3 nitrogen and oxygen atoms in total. The van der Waals surface area contributed by atoms with Gasteiger partial charge in [0.2, 0.25) is 0 Å². The van der Waals surface area contributed by atoms with E-state index in [0.717, 1.165) is 30.0 Å². The number of rotatable bonds is 7. The number of H-pyrrole nitrogens is 1. The predicted octanol–water partition coefficient (Wildman–Crippen LogP) is 5.31. The van der Waals surface area contributed by atoms with Gasteiger partial charge in [0, 0.05) is 46.4 Å². The molecule has 1 aliphatic rings. The van der Waals surface area contributed by atoms with Crippen LogP contribution in [-0.4, -0.2) is 30.4 Å². The number of aromatic nitrogens is 1. The summed E-state index contributed by atoms with van der Waals surface area (Å²) in [5.41, 5.74) is 4.04. The molecule has 0 saturated heterocycles. The highest BCUT2D eigenvalue weighted by Gasteiger charge is 2.16. The number of aromatic amines is 1. The number of ether oxygens (including phenoxy) is 1. The van der Waals surface area contributed by atoms with Crippen LogP contribution in [0.3, 0.4) is 0 Å². The van der Waals surface area contributed by atoms with E-state index in [1.165, 1.54) is 33.6 Å². The smallest absolute Gasteiger partial charge is 0.120 e. The minimum absolute atomic E-state index is 0.594. The molecule has 136 valence electrons. The Morgan fingerprint density at radius 2 is 2.27 bits per heavy atom. The highest BCUT2D eigenvalue weighted by Crippen LogP contribution is 2.29. The molecule has 2 aromatic heterocycles. The minimum atomic E-state index is 0.594. The average Bonchev–Trinajstić information content (AvgIpc) is 3.35. The van der Waals surface area contributed by atoms with E-state index in [0.29, 0.717) is 6.04 Å². The Balaban J connectivity index is 1.27. The van der Waals surface area contributed by atoms with Crippen molar-refractivity contribution in [1.82, 2.24) is 10.3 Å². The highest BCUT2D eigenvalue weighted by molar-refractivity contribution is 7.98. The number of nitrogens with one attached hydrogen (secondary N) is 2. The summed E-state index contributed by atoms with van der Waals surface area (Å²) < 4.78 is 5.30. The minimum Gasteiger partial charge on any atom is -0.497 e. The van der Waals surface area contributed by atoms with Crippen LogP contribution in [0.15, 0.2) is 48.0 Å². The van der Waals surface area contributed by atoms with Crippen LogP contribution in [0.25, 0.3) is 16.5 Å². The lowest BCUT2D eigenvalue weighted by atomic mass is 9.99. The summed E-state index contributed by atoms with van der Waals surface area (Å²) in [5, 5.41) is 7.11. The molecule has 0 radical (unpaired) electrons. The summed E-state index contributed by atoms with van der Waals surface area (Å²) in [6, 6.07) is 11.2. The first-order valence-corrected chi connectivity index (χ1v) is 11.0. The Bertz CT molecular complexity index is 883. The summed E-state index contributed by atoms with van der Waals surface area (Å²) in [7, 11) is 1.71. The van der Waals surface area contributed by atoms with Crippen LogP contribution in [0.5, 0.6) is 5.75 Å². The fraction of sp³-hybridized carbons (Fsp3) is 0.333. The number of hydrogen-bond donors (Lipinski definition) is 2. The Labute approximate surface area is 162 Å². The van der Waals surface area contributed by atoms with E-state index in [1.54, 1.807) is 7.11 Å². The molecule has 1 unspecified atom stereocenters. The van der Waals surface area contributed by atoms with Crippen molar-refractivity contribution >= 4 is 39.6 Å². The van der Waals surface area contributed by atoms with Crippen molar-refractivity contribution in [3.05, 3.63) is 58.4 Å². The van der Waals surface area contributed by atoms with E-state index >= 15 is 0 Å². The van der Waals surface area contributed by atoms with E-state index in [1.807, 2.05) is 29.2 Å². The molecule has 0 aliphatic carbocycles. The van der Waals surface area contributed by atoms with Crippen LogP contribution in [0.4, 0.5) is 0 Å². The zero-order chi connectivity index (χ0) is 17.8. The van der Waals surface area contributed by atoms with Crippen molar-refractivity contribution in [1.29, 1.82) is 0 Å². The molecule has 5 heteroatoms. The summed E-state index contributed by atoms with van der Waals surface area (Å²) in [6.45, 7) is 0.993. The Morgan fingerprint density at radius 3 is 3.12 bits per heavy atom. The monoisotopic (exact) mass is 384 g/mol. The third kappa shape index (κ3) is 4.00. The van der Waals surface area contributed by atoms with Gasteiger partial charge in [-0.25, -0.2) is 0 Å². The number of benzene rings is 1. The Kier molecular flexibility index (Phi) is 5.68. The molecule has 4 rings (SSSR count). The topological polar surface area (TPSA) is 37.0 Å². The van der Waals surface area contributed by atoms with Crippen molar-refractivity contribution in [3.8, 4) is 5.75 Å². The van der Waals surface area contributed by atoms with Crippen molar-refractivity contribution < 1.29 is 4.74 Å². The third-order valence-corrected chi connectivity index (χ3v) is 6.89. The van der Waals surface area contributed by atoms with Gasteiger partial charge in [0.15, 0.2) is 0 Å². The fourth-order valence-corrected chi connectivity index (χ4v) is 5.29. The number of fused-ring (bicyclic) bond motifs is 1. The maximum atomic E-state index is 5.30. The molecule has 0 bridgehead atoms. The maximum Gasteiger partial charge on any atom is 0.120 e. The second-order valence-electron chi connectivity index (χ2n) is 6.58. The lowest BCUT2D eigenvalue weighted by molar-refractivity contribution is 0.415. The molecule has 1 aromatic carbocycles. The van der Waals surface area contributed by atoms with Gasteiger partial charge < -0.3 is 15.0 Å². The number of thioether (sulfide) groups is 1. The SMILES string of the molecule is COc1ccc2c(CSCCC3CC(c4cccs4)=CCN3)c[nH]c2c1. The van der Waals surface area contributed by atoms with Gasteiger partial charge >= 0.3 is 0 Å².